The number of amides is 2. The monoisotopic (exact) mass is 686 g/mol. The van der Waals surface area contributed by atoms with Crippen LogP contribution in [0.25, 0.3) is 32.7 Å². The zero-order valence-electron chi connectivity index (χ0n) is 28.6. The average molecular weight is 687 g/mol. The lowest BCUT2D eigenvalue weighted by Gasteiger charge is -2.34. The fourth-order valence-electron chi connectivity index (χ4n) is 7.86. The summed E-state index contributed by atoms with van der Waals surface area (Å²) in [5.41, 5.74) is 21.8. The molecule has 0 bridgehead atoms. The number of benzene rings is 8. The molecule has 2 amide bonds. The predicted molar refractivity (Wildman–Crippen MR) is 216 cm³/mol. The Labute approximate surface area is 306 Å². The molecular formula is C47H34N4O2. The molecule has 0 fully saturated rings. The summed E-state index contributed by atoms with van der Waals surface area (Å²) in [5, 5.41) is 10.1. The first-order chi connectivity index (χ1) is 25.9. The maximum absolute atomic E-state index is 13.5. The number of nitrogens with two attached hydrogens (primary N) is 2. The fraction of sp³-hybridized carbons (Fsp3) is 0.0213. The lowest BCUT2D eigenvalue weighted by molar-refractivity contribution is 0.101. The lowest BCUT2D eigenvalue weighted by Crippen LogP contribution is -2.29. The topological polar surface area (TPSA) is 110 Å². The van der Waals surface area contributed by atoms with Crippen LogP contribution in [0.2, 0.25) is 0 Å². The van der Waals surface area contributed by atoms with Crippen LogP contribution < -0.4 is 22.1 Å². The smallest absolute Gasteiger partial charge is 0.255 e. The van der Waals surface area contributed by atoms with Gasteiger partial charge in [0.05, 0.1) is 5.41 Å². The zero-order chi connectivity index (χ0) is 36.1. The van der Waals surface area contributed by atoms with Crippen LogP contribution in [0, 0.1) is 0 Å². The number of fused-ring (bicyclic) bond motifs is 5. The number of hydrogen-bond acceptors (Lipinski definition) is 4. The van der Waals surface area contributed by atoms with Gasteiger partial charge in [-0.3, -0.25) is 9.59 Å². The number of anilines is 4. The van der Waals surface area contributed by atoms with E-state index in [1.807, 2.05) is 121 Å². The quantitative estimate of drug-likeness (QED) is 0.131. The minimum absolute atomic E-state index is 0.196. The molecule has 0 aliphatic heterocycles. The van der Waals surface area contributed by atoms with Gasteiger partial charge in [-0.2, -0.15) is 0 Å². The largest absolute Gasteiger partial charge is 0.399 e. The standard InChI is InChI=1S/C47H34N4O2/c48-37-21-13-33-27-39(23-15-31(33)25-37)50-45(52)29-9-17-35(18-10-29)47(43-7-3-1-5-41(43)42-6-2-4-8-44(42)47)36-19-11-30(12-20-36)46(53)51-40-24-16-32-26-38(49)22-14-34(32)28-40/h1-28H,48-49H2,(H,50,52)(H,51,53). The molecule has 8 aromatic carbocycles. The van der Waals surface area contributed by atoms with E-state index in [0.717, 1.165) is 54.9 Å². The number of nitrogen functional groups attached to an aromatic ring is 2. The highest BCUT2D eigenvalue weighted by Gasteiger charge is 2.45. The van der Waals surface area contributed by atoms with E-state index in [1.54, 1.807) is 0 Å². The molecule has 6 heteroatoms. The SMILES string of the molecule is Nc1ccc2cc(NC(=O)c3ccc(C4(c5ccc(C(=O)Nc6ccc7cc(N)ccc7c6)cc5)c5ccccc5-c5ccccc54)cc3)ccc2c1. The third-order valence-corrected chi connectivity index (χ3v) is 10.4. The first-order valence-electron chi connectivity index (χ1n) is 17.5. The third kappa shape index (κ3) is 5.45. The van der Waals surface area contributed by atoms with Crippen molar-refractivity contribution in [1.82, 2.24) is 0 Å². The summed E-state index contributed by atoms with van der Waals surface area (Å²) in [4.78, 5) is 27.0. The Hall–Kier alpha value is -7.18. The van der Waals surface area contributed by atoms with Gasteiger partial charge >= 0.3 is 0 Å². The minimum Gasteiger partial charge on any atom is -0.399 e. The Morgan fingerprint density at radius 3 is 1.23 bits per heavy atom. The Morgan fingerprint density at radius 2 is 0.792 bits per heavy atom. The van der Waals surface area contributed by atoms with Gasteiger partial charge in [-0.25, -0.2) is 0 Å². The Balaban J connectivity index is 1.06. The molecule has 0 heterocycles. The van der Waals surface area contributed by atoms with Crippen LogP contribution in [0.5, 0.6) is 0 Å². The first-order valence-corrected chi connectivity index (χ1v) is 17.5. The highest BCUT2D eigenvalue weighted by Crippen LogP contribution is 2.56. The van der Waals surface area contributed by atoms with Gasteiger partial charge in [-0.05, 0) is 128 Å². The van der Waals surface area contributed by atoms with Gasteiger partial charge < -0.3 is 22.1 Å². The zero-order valence-corrected chi connectivity index (χ0v) is 28.6. The predicted octanol–water partition coefficient (Wildman–Crippen LogP) is 10.0. The van der Waals surface area contributed by atoms with Gasteiger partial charge in [0, 0.05) is 33.9 Å². The van der Waals surface area contributed by atoms with Crippen molar-refractivity contribution in [3.63, 3.8) is 0 Å². The van der Waals surface area contributed by atoms with Crippen molar-refractivity contribution in [2.75, 3.05) is 22.1 Å². The molecule has 1 aliphatic rings. The lowest BCUT2D eigenvalue weighted by atomic mass is 9.67. The van der Waals surface area contributed by atoms with Gasteiger partial charge in [0.25, 0.3) is 11.8 Å². The number of carbonyl (C=O) groups is 2. The van der Waals surface area contributed by atoms with Crippen molar-refractivity contribution in [2.45, 2.75) is 5.41 Å². The molecule has 0 unspecified atom stereocenters. The van der Waals surface area contributed by atoms with Crippen LogP contribution in [0.1, 0.15) is 43.0 Å². The van der Waals surface area contributed by atoms with Crippen molar-refractivity contribution >= 4 is 56.1 Å². The Kier molecular flexibility index (Phi) is 7.52. The Bertz CT molecular complexity index is 2550. The first kappa shape index (κ1) is 31.8. The van der Waals surface area contributed by atoms with Crippen molar-refractivity contribution < 1.29 is 9.59 Å². The second-order valence-corrected chi connectivity index (χ2v) is 13.5. The highest BCUT2D eigenvalue weighted by molar-refractivity contribution is 6.06. The van der Waals surface area contributed by atoms with Crippen LogP contribution in [0.3, 0.4) is 0 Å². The van der Waals surface area contributed by atoms with Crippen molar-refractivity contribution in [3.05, 3.63) is 203 Å². The van der Waals surface area contributed by atoms with Crippen LogP contribution >= 0.6 is 0 Å². The molecule has 6 nitrogen and oxygen atoms in total. The second kappa shape index (κ2) is 12.5. The summed E-state index contributed by atoms with van der Waals surface area (Å²) >= 11 is 0. The summed E-state index contributed by atoms with van der Waals surface area (Å²) < 4.78 is 0. The molecule has 9 rings (SSSR count). The van der Waals surface area contributed by atoms with Crippen LogP contribution in [0.15, 0.2) is 170 Å². The highest BCUT2D eigenvalue weighted by atomic mass is 16.2. The van der Waals surface area contributed by atoms with E-state index >= 15 is 0 Å². The summed E-state index contributed by atoms with van der Waals surface area (Å²) in [6, 6.07) is 55.7. The molecule has 0 radical (unpaired) electrons. The van der Waals surface area contributed by atoms with Crippen molar-refractivity contribution in [2.24, 2.45) is 0 Å². The summed E-state index contributed by atoms with van der Waals surface area (Å²) in [6.45, 7) is 0. The molecule has 254 valence electrons. The maximum Gasteiger partial charge on any atom is 0.255 e. The number of hydrogen-bond donors (Lipinski definition) is 4. The average Bonchev–Trinajstić information content (AvgIpc) is 3.49. The molecule has 0 aromatic heterocycles. The van der Waals surface area contributed by atoms with Gasteiger partial charge in [0.2, 0.25) is 0 Å². The van der Waals surface area contributed by atoms with Gasteiger partial charge in [0.15, 0.2) is 0 Å². The maximum atomic E-state index is 13.5. The molecular weight excluding hydrogens is 653 g/mol. The molecule has 0 saturated carbocycles. The molecule has 53 heavy (non-hydrogen) atoms. The van der Waals surface area contributed by atoms with E-state index in [2.05, 4.69) is 59.2 Å². The Morgan fingerprint density at radius 1 is 0.415 bits per heavy atom. The fourth-order valence-corrected chi connectivity index (χ4v) is 7.86. The molecule has 0 saturated heterocycles. The van der Waals surface area contributed by atoms with E-state index in [-0.39, 0.29) is 11.8 Å². The number of rotatable bonds is 6. The molecule has 1 aliphatic carbocycles. The van der Waals surface area contributed by atoms with Crippen LogP contribution in [-0.2, 0) is 5.41 Å². The molecule has 0 atom stereocenters. The summed E-state index contributed by atoms with van der Waals surface area (Å²) in [6.07, 6.45) is 0. The van der Waals surface area contributed by atoms with Crippen molar-refractivity contribution in [3.8, 4) is 11.1 Å². The third-order valence-electron chi connectivity index (χ3n) is 10.4. The van der Waals surface area contributed by atoms with E-state index in [4.69, 9.17) is 11.5 Å². The molecule has 6 N–H and O–H groups in total. The summed E-state index contributed by atoms with van der Waals surface area (Å²) in [5.74, 6) is -0.392. The second-order valence-electron chi connectivity index (χ2n) is 13.5. The summed E-state index contributed by atoms with van der Waals surface area (Å²) in [7, 11) is 0. The van der Waals surface area contributed by atoms with Crippen LogP contribution in [0.4, 0.5) is 22.7 Å². The van der Waals surface area contributed by atoms with E-state index in [1.165, 1.54) is 0 Å². The molecule has 0 spiro atoms. The number of carbonyl (C=O) groups excluding carboxylic acids is 2. The van der Waals surface area contributed by atoms with E-state index in [9.17, 15) is 9.59 Å². The van der Waals surface area contributed by atoms with Crippen LogP contribution in [-0.4, -0.2) is 11.8 Å². The van der Waals surface area contributed by atoms with Gasteiger partial charge in [-0.15, -0.1) is 0 Å². The van der Waals surface area contributed by atoms with Crippen molar-refractivity contribution in [1.29, 1.82) is 0 Å². The normalized spacial score (nSPS) is 12.6. The van der Waals surface area contributed by atoms with Gasteiger partial charge in [0.1, 0.15) is 0 Å². The van der Waals surface area contributed by atoms with Gasteiger partial charge in [-0.1, -0.05) is 97.1 Å². The van der Waals surface area contributed by atoms with E-state index in [0.29, 0.717) is 33.9 Å². The number of nitrogens with one attached hydrogen (secondary N) is 2. The minimum atomic E-state index is -0.683. The molecule has 8 aromatic rings. The van der Waals surface area contributed by atoms with E-state index < -0.39 is 5.41 Å².